The van der Waals surface area contributed by atoms with Crippen molar-refractivity contribution in [3.8, 4) is 17.1 Å². The van der Waals surface area contributed by atoms with Gasteiger partial charge in [0, 0.05) is 5.56 Å². The Kier molecular flexibility index (Phi) is 4.58. The summed E-state index contributed by atoms with van der Waals surface area (Å²) in [4.78, 5) is 18.6. The van der Waals surface area contributed by atoms with Crippen molar-refractivity contribution in [2.24, 2.45) is 0 Å². The third kappa shape index (κ3) is 4.21. The average Bonchev–Trinajstić information content (AvgIpc) is 2.58. The van der Waals surface area contributed by atoms with Crippen LogP contribution in [0.4, 0.5) is 26.3 Å². The molecule has 1 aromatic heterocycles. The Bertz CT molecular complexity index is 1040. The van der Waals surface area contributed by atoms with E-state index in [1.807, 2.05) is 0 Å². The van der Waals surface area contributed by atoms with Gasteiger partial charge >= 0.3 is 12.4 Å². The van der Waals surface area contributed by atoms with Gasteiger partial charge in [-0.1, -0.05) is 18.2 Å². The molecule has 0 aliphatic heterocycles. The Labute approximate surface area is 147 Å². The van der Waals surface area contributed by atoms with Crippen LogP contribution >= 0.6 is 0 Å². The Balaban J connectivity index is 2.10. The summed E-state index contributed by atoms with van der Waals surface area (Å²) in [6.45, 7) is -1.89. The van der Waals surface area contributed by atoms with Crippen LogP contribution in [0.1, 0.15) is 5.56 Å². The monoisotopic (exact) mass is 388 g/mol. The molecule has 3 aromatic rings. The molecule has 0 amide bonds. The lowest BCUT2D eigenvalue weighted by Crippen LogP contribution is -2.21. The lowest BCUT2D eigenvalue weighted by atomic mass is 10.1. The van der Waals surface area contributed by atoms with E-state index in [1.54, 1.807) is 12.1 Å². The molecule has 0 unspecified atom stereocenters. The summed E-state index contributed by atoms with van der Waals surface area (Å²) in [5, 5.41) is 0.265. The van der Waals surface area contributed by atoms with Crippen molar-refractivity contribution >= 4 is 10.9 Å². The Hall–Kier alpha value is -3.04. The number of hydrogen-bond acceptors (Lipinski definition) is 3. The second-order valence-corrected chi connectivity index (χ2v) is 5.54. The van der Waals surface area contributed by atoms with Gasteiger partial charge in [-0.3, -0.25) is 4.79 Å². The van der Waals surface area contributed by atoms with E-state index in [1.165, 1.54) is 12.1 Å². The molecule has 1 heterocycles. The standard InChI is InChI=1S/C17H10F6N2O2/c18-16(19,20)8-27-13-7-9(5-6-11(13)17(21,22)23)14-24-12-4-2-1-3-10(12)15(26)25-14/h1-7H,8H2,(H,24,25,26). The molecule has 0 saturated heterocycles. The number of aromatic nitrogens is 2. The fourth-order valence-corrected chi connectivity index (χ4v) is 2.41. The van der Waals surface area contributed by atoms with Crippen LogP contribution in [0.2, 0.25) is 0 Å². The molecule has 142 valence electrons. The summed E-state index contributed by atoms with van der Waals surface area (Å²) in [6.07, 6.45) is -9.72. The number of ether oxygens (including phenoxy) is 1. The third-order valence-corrected chi connectivity index (χ3v) is 3.56. The maximum Gasteiger partial charge on any atom is 0.422 e. The first-order valence-corrected chi connectivity index (χ1v) is 7.45. The normalized spacial score (nSPS) is 12.4. The first-order valence-electron chi connectivity index (χ1n) is 7.45. The SMILES string of the molecule is O=c1[nH]c(-c2ccc(C(F)(F)F)c(OCC(F)(F)F)c2)nc2ccccc12. The van der Waals surface area contributed by atoms with E-state index in [4.69, 9.17) is 0 Å². The fourth-order valence-electron chi connectivity index (χ4n) is 2.41. The van der Waals surface area contributed by atoms with Crippen molar-refractivity contribution < 1.29 is 31.1 Å². The molecule has 0 atom stereocenters. The molecule has 0 saturated carbocycles. The highest BCUT2D eigenvalue weighted by molar-refractivity contribution is 5.79. The van der Waals surface area contributed by atoms with Gasteiger partial charge in [-0.2, -0.15) is 26.3 Å². The number of benzene rings is 2. The highest BCUT2D eigenvalue weighted by Gasteiger charge is 2.36. The van der Waals surface area contributed by atoms with E-state index in [-0.39, 0.29) is 22.3 Å². The van der Waals surface area contributed by atoms with E-state index < -0.39 is 35.8 Å². The number of fused-ring (bicyclic) bond motifs is 1. The zero-order chi connectivity index (χ0) is 19.8. The van der Waals surface area contributed by atoms with Gasteiger partial charge in [0.2, 0.25) is 0 Å². The number of halogens is 6. The predicted octanol–water partition coefficient (Wildman–Crippen LogP) is 4.55. The molecule has 0 radical (unpaired) electrons. The van der Waals surface area contributed by atoms with Crippen molar-refractivity contribution in [1.82, 2.24) is 9.97 Å². The summed E-state index contributed by atoms with van der Waals surface area (Å²) in [5.74, 6) is -1.10. The van der Waals surface area contributed by atoms with Gasteiger partial charge < -0.3 is 9.72 Å². The van der Waals surface area contributed by atoms with Crippen LogP contribution in [0.5, 0.6) is 5.75 Å². The minimum Gasteiger partial charge on any atom is -0.483 e. The number of nitrogens with one attached hydrogen (secondary N) is 1. The van der Waals surface area contributed by atoms with Crippen LogP contribution in [-0.2, 0) is 6.18 Å². The minimum atomic E-state index is -4.91. The third-order valence-electron chi connectivity index (χ3n) is 3.56. The van der Waals surface area contributed by atoms with Crippen LogP contribution in [0.15, 0.2) is 47.3 Å². The van der Waals surface area contributed by atoms with Gasteiger partial charge in [0.05, 0.1) is 16.5 Å². The zero-order valence-corrected chi connectivity index (χ0v) is 13.3. The second-order valence-electron chi connectivity index (χ2n) is 5.54. The summed E-state index contributed by atoms with van der Waals surface area (Å²) in [5.41, 5.74) is -1.64. The topological polar surface area (TPSA) is 55.0 Å². The van der Waals surface area contributed by atoms with Gasteiger partial charge in [-0.15, -0.1) is 0 Å². The van der Waals surface area contributed by atoms with Gasteiger partial charge in [0.25, 0.3) is 5.56 Å². The molecule has 0 spiro atoms. The molecular formula is C17H10F6N2O2. The second kappa shape index (κ2) is 6.60. The van der Waals surface area contributed by atoms with Crippen LogP contribution in [0.3, 0.4) is 0 Å². The van der Waals surface area contributed by atoms with Gasteiger partial charge in [-0.25, -0.2) is 4.98 Å². The minimum absolute atomic E-state index is 0.0250. The highest BCUT2D eigenvalue weighted by Crippen LogP contribution is 2.38. The number of rotatable bonds is 3. The van der Waals surface area contributed by atoms with Gasteiger partial charge in [-0.05, 0) is 24.3 Å². The maximum atomic E-state index is 13.0. The van der Waals surface area contributed by atoms with E-state index in [0.29, 0.717) is 6.07 Å². The Morgan fingerprint density at radius 3 is 2.37 bits per heavy atom. The number of hydrogen-bond donors (Lipinski definition) is 1. The van der Waals surface area contributed by atoms with Crippen LogP contribution < -0.4 is 10.3 Å². The van der Waals surface area contributed by atoms with Gasteiger partial charge in [0.15, 0.2) is 6.61 Å². The number of alkyl halides is 6. The van der Waals surface area contributed by atoms with Crippen molar-refractivity contribution in [3.63, 3.8) is 0 Å². The summed E-state index contributed by atoms with van der Waals surface area (Å²) in [6, 6.07) is 8.60. The van der Waals surface area contributed by atoms with Crippen LogP contribution in [-0.4, -0.2) is 22.8 Å². The molecular weight excluding hydrogens is 378 g/mol. The summed E-state index contributed by atoms with van der Waals surface area (Å²) in [7, 11) is 0. The zero-order valence-electron chi connectivity index (χ0n) is 13.3. The van der Waals surface area contributed by atoms with Crippen molar-refractivity contribution in [1.29, 1.82) is 0 Å². The van der Waals surface area contributed by atoms with E-state index in [2.05, 4.69) is 14.7 Å². The maximum absolute atomic E-state index is 13.0. The Morgan fingerprint density at radius 1 is 1.00 bits per heavy atom. The largest absolute Gasteiger partial charge is 0.483 e. The van der Waals surface area contributed by atoms with E-state index >= 15 is 0 Å². The fraction of sp³-hybridized carbons (Fsp3) is 0.176. The predicted molar refractivity (Wildman–Crippen MR) is 84.4 cm³/mol. The van der Waals surface area contributed by atoms with E-state index in [9.17, 15) is 31.1 Å². The highest BCUT2D eigenvalue weighted by atomic mass is 19.4. The van der Waals surface area contributed by atoms with Gasteiger partial charge in [0.1, 0.15) is 11.6 Å². The molecule has 0 aliphatic rings. The number of aromatic amines is 1. The molecule has 0 bridgehead atoms. The average molecular weight is 388 g/mol. The smallest absolute Gasteiger partial charge is 0.422 e. The molecule has 3 rings (SSSR count). The molecule has 1 N–H and O–H groups in total. The number of H-pyrrole nitrogens is 1. The van der Waals surface area contributed by atoms with Crippen molar-refractivity contribution in [3.05, 3.63) is 58.4 Å². The first kappa shape index (κ1) is 18.7. The lowest BCUT2D eigenvalue weighted by Gasteiger charge is -2.16. The van der Waals surface area contributed by atoms with Crippen LogP contribution in [0, 0.1) is 0 Å². The molecule has 0 aliphatic carbocycles. The molecule has 2 aromatic carbocycles. The first-order chi connectivity index (χ1) is 12.5. The molecule has 27 heavy (non-hydrogen) atoms. The molecule has 10 heteroatoms. The summed E-state index contributed by atoms with van der Waals surface area (Å²) >= 11 is 0. The summed E-state index contributed by atoms with van der Waals surface area (Å²) < 4.78 is 80.5. The lowest BCUT2D eigenvalue weighted by molar-refractivity contribution is -0.158. The molecule has 4 nitrogen and oxygen atoms in total. The van der Waals surface area contributed by atoms with Crippen LogP contribution in [0.25, 0.3) is 22.3 Å². The van der Waals surface area contributed by atoms with Crippen molar-refractivity contribution in [2.75, 3.05) is 6.61 Å². The number of para-hydroxylation sites is 1. The number of nitrogens with zero attached hydrogens (tertiary/aromatic N) is 1. The van der Waals surface area contributed by atoms with E-state index in [0.717, 1.165) is 12.1 Å². The quantitative estimate of drug-likeness (QED) is 0.670. The molecule has 0 fully saturated rings. The Morgan fingerprint density at radius 2 is 1.70 bits per heavy atom. The van der Waals surface area contributed by atoms with Crippen molar-refractivity contribution in [2.45, 2.75) is 12.4 Å².